The molecule has 0 aromatic heterocycles. The number of anilines is 1. The SMILES string of the molecule is CC(C)c1cccc(OC2CNCC2Cc2c(N)cccc2-c2ccc(Cl)cc2)c1. The number of hydrogen-bond acceptors (Lipinski definition) is 3. The number of nitrogens with two attached hydrogens (primary N) is 1. The Morgan fingerprint density at radius 2 is 1.80 bits per heavy atom. The van der Waals surface area contributed by atoms with Gasteiger partial charge in [-0.25, -0.2) is 0 Å². The van der Waals surface area contributed by atoms with Crippen molar-refractivity contribution in [1.82, 2.24) is 5.32 Å². The Morgan fingerprint density at radius 1 is 1.03 bits per heavy atom. The molecule has 4 rings (SSSR count). The zero-order valence-electron chi connectivity index (χ0n) is 17.6. The molecule has 1 aliphatic rings. The van der Waals surface area contributed by atoms with Gasteiger partial charge in [0.25, 0.3) is 0 Å². The third-order valence-corrected chi connectivity index (χ3v) is 6.18. The Balaban J connectivity index is 1.56. The molecule has 3 aromatic rings. The van der Waals surface area contributed by atoms with Crippen LogP contribution >= 0.6 is 11.6 Å². The van der Waals surface area contributed by atoms with Gasteiger partial charge in [-0.1, -0.05) is 61.8 Å². The Kier molecular flexibility index (Phi) is 6.31. The van der Waals surface area contributed by atoms with Crippen LogP contribution in [0.25, 0.3) is 11.1 Å². The monoisotopic (exact) mass is 420 g/mol. The summed E-state index contributed by atoms with van der Waals surface area (Å²) >= 11 is 6.08. The van der Waals surface area contributed by atoms with Crippen molar-refractivity contribution in [2.24, 2.45) is 5.92 Å². The highest BCUT2D eigenvalue weighted by molar-refractivity contribution is 6.30. The minimum atomic E-state index is 0.116. The standard InChI is InChI=1S/C26H29ClN2O/c1-17(2)19-5-3-6-22(13-19)30-26-16-29-15-20(26)14-24-23(7-4-8-25(24)28)18-9-11-21(27)12-10-18/h3-13,17,20,26,29H,14-16,28H2,1-2H3. The maximum Gasteiger partial charge on any atom is 0.120 e. The predicted octanol–water partition coefficient (Wildman–Crippen LogP) is 5.92. The van der Waals surface area contributed by atoms with E-state index < -0.39 is 0 Å². The molecule has 3 N–H and O–H groups in total. The molecule has 0 aliphatic carbocycles. The first kappa shape index (κ1) is 20.8. The first-order chi connectivity index (χ1) is 14.5. The summed E-state index contributed by atoms with van der Waals surface area (Å²) in [5, 5.41) is 4.24. The highest BCUT2D eigenvalue weighted by Crippen LogP contribution is 2.33. The summed E-state index contributed by atoms with van der Waals surface area (Å²) in [4.78, 5) is 0. The van der Waals surface area contributed by atoms with Gasteiger partial charge in [0.2, 0.25) is 0 Å². The molecule has 0 spiro atoms. The molecule has 30 heavy (non-hydrogen) atoms. The Bertz CT molecular complexity index is 1000. The molecule has 2 atom stereocenters. The second kappa shape index (κ2) is 9.11. The first-order valence-electron chi connectivity index (χ1n) is 10.6. The van der Waals surface area contributed by atoms with Gasteiger partial charge in [0.15, 0.2) is 0 Å². The van der Waals surface area contributed by atoms with E-state index in [1.54, 1.807) is 0 Å². The highest BCUT2D eigenvalue weighted by Gasteiger charge is 2.30. The molecule has 4 heteroatoms. The third-order valence-electron chi connectivity index (χ3n) is 5.92. The van der Waals surface area contributed by atoms with Crippen LogP contribution < -0.4 is 15.8 Å². The Labute approximate surface area is 184 Å². The maximum atomic E-state index is 6.43. The van der Waals surface area contributed by atoms with E-state index in [1.165, 1.54) is 16.7 Å². The molecule has 3 aromatic carbocycles. The molecule has 1 heterocycles. The minimum Gasteiger partial charge on any atom is -0.489 e. The van der Waals surface area contributed by atoms with E-state index in [4.69, 9.17) is 22.1 Å². The number of nitrogen functional groups attached to an aromatic ring is 1. The van der Waals surface area contributed by atoms with Gasteiger partial charge in [-0.3, -0.25) is 0 Å². The van der Waals surface area contributed by atoms with Gasteiger partial charge >= 0.3 is 0 Å². The quantitative estimate of drug-likeness (QED) is 0.486. The van der Waals surface area contributed by atoms with Crippen LogP contribution in [0.2, 0.25) is 5.02 Å². The summed E-state index contributed by atoms with van der Waals surface area (Å²) in [6.07, 6.45) is 0.983. The van der Waals surface area contributed by atoms with Crippen LogP contribution in [0, 0.1) is 5.92 Å². The lowest BCUT2D eigenvalue weighted by molar-refractivity contribution is 0.173. The van der Waals surface area contributed by atoms with Crippen LogP contribution in [0.3, 0.4) is 0 Å². The van der Waals surface area contributed by atoms with Crippen molar-refractivity contribution in [2.45, 2.75) is 32.3 Å². The Hall–Kier alpha value is -2.49. The van der Waals surface area contributed by atoms with E-state index in [1.807, 2.05) is 24.3 Å². The molecular weight excluding hydrogens is 392 g/mol. The molecule has 2 unspecified atom stereocenters. The first-order valence-corrected chi connectivity index (χ1v) is 11.0. The average Bonchev–Trinajstić information content (AvgIpc) is 3.17. The molecule has 1 aliphatic heterocycles. The molecule has 1 fully saturated rings. The molecule has 0 saturated carbocycles. The summed E-state index contributed by atoms with van der Waals surface area (Å²) in [6.45, 7) is 6.17. The number of halogens is 1. The van der Waals surface area contributed by atoms with Gasteiger partial charge in [-0.05, 0) is 64.9 Å². The van der Waals surface area contributed by atoms with Gasteiger partial charge in [0.05, 0.1) is 0 Å². The van der Waals surface area contributed by atoms with E-state index in [-0.39, 0.29) is 6.10 Å². The van der Waals surface area contributed by atoms with Crippen LogP contribution in [0.15, 0.2) is 66.7 Å². The Morgan fingerprint density at radius 3 is 2.57 bits per heavy atom. The van der Waals surface area contributed by atoms with E-state index in [0.29, 0.717) is 11.8 Å². The summed E-state index contributed by atoms with van der Waals surface area (Å²) in [5.41, 5.74) is 12.0. The largest absolute Gasteiger partial charge is 0.489 e. The number of nitrogens with one attached hydrogen (secondary N) is 1. The normalized spacial score (nSPS) is 18.7. The number of ether oxygens (including phenoxy) is 1. The van der Waals surface area contributed by atoms with Crippen molar-refractivity contribution in [3.63, 3.8) is 0 Å². The smallest absolute Gasteiger partial charge is 0.120 e. The fourth-order valence-corrected chi connectivity index (χ4v) is 4.29. The molecule has 1 saturated heterocycles. The topological polar surface area (TPSA) is 47.3 Å². The molecule has 0 amide bonds. The van der Waals surface area contributed by atoms with Crippen molar-refractivity contribution >= 4 is 17.3 Å². The van der Waals surface area contributed by atoms with Crippen LogP contribution in [-0.4, -0.2) is 19.2 Å². The summed E-state index contributed by atoms with van der Waals surface area (Å²) in [6, 6.07) is 22.6. The van der Waals surface area contributed by atoms with E-state index in [2.05, 4.69) is 61.6 Å². The lowest BCUT2D eigenvalue weighted by Gasteiger charge is -2.23. The molecule has 0 bridgehead atoms. The second-order valence-corrected chi connectivity index (χ2v) is 8.82. The van der Waals surface area contributed by atoms with E-state index >= 15 is 0 Å². The van der Waals surface area contributed by atoms with E-state index in [9.17, 15) is 0 Å². The van der Waals surface area contributed by atoms with Gasteiger partial charge in [-0.2, -0.15) is 0 Å². The predicted molar refractivity (Wildman–Crippen MR) is 126 cm³/mol. The number of rotatable bonds is 6. The second-order valence-electron chi connectivity index (χ2n) is 8.39. The molecular formula is C26H29ClN2O. The van der Waals surface area contributed by atoms with Crippen molar-refractivity contribution in [3.8, 4) is 16.9 Å². The minimum absolute atomic E-state index is 0.116. The van der Waals surface area contributed by atoms with Crippen molar-refractivity contribution in [3.05, 3.63) is 82.9 Å². The van der Waals surface area contributed by atoms with Crippen LogP contribution in [0.1, 0.15) is 30.9 Å². The summed E-state index contributed by atoms with van der Waals surface area (Å²) < 4.78 is 6.43. The van der Waals surface area contributed by atoms with Gasteiger partial charge in [-0.15, -0.1) is 0 Å². The zero-order valence-corrected chi connectivity index (χ0v) is 18.3. The van der Waals surface area contributed by atoms with Crippen LogP contribution in [-0.2, 0) is 6.42 Å². The van der Waals surface area contributed by atoms with Crippen LogP contribution in [0.5, 0.6) is 5.75 Å². The van der Waals surface area contributed by atoms with Gasteiger partial charge < -0.3 is 15.8 Å². The molecule has 156 valence electrons. The fraction of sp³-hybridized carbons (Fsp3) is 0.308. The van der Waals surface area contributed by atoms with Crippen molar-refractivity contribution < 1.29 is 4.74 Å². The van der Waals surface area contributed by atoms with Gasteiger partial charge in [0.1, 0.15) is 11.9 Å². The van der Waals surface area contributed by atoms with E-state index in [0.717, 1.165) is 41.5 Å². The summed E-state index contributed by atoms with van der Waals surface area (Å²) in [5.74, 6) is 1.78. The fourth-order valence-electron chi connectivity index (χ4n) is 4.17. The highest BCUT2D eigenvalue weighted by atomic mass is 35.5. The lowest BCUT2D eigenvalue weighted by Crippen LogP contribution is -2.27. The molecule has 3 nitrogen and oxygen atoms in total. The number of hydrogen-bond donors (Lipinski definition) is 2. The zero-order chi connectivity index (χ0) is 21.1. The average molecular weight is 421 g/mol. The van der Waals surface area contributed by atoms with Crippen LogP contribution in [0.4, 0.5) is 5.69 Å². The van der Waals surface area contributed by atoms with Gasteiger partial charge in [0, 0.05) is 29.7 Å². The van der Waals surface area contributed by atoms with Crippen molar-refractivity contribution in [2.75, 3.05) is 18.8 Å². The van der Waals surface area contributed by atoms with Crippen molar-refractivity contribution in [1.29, 1.82) is 0 Å². The number of benzene rings is 3. The maximum absolute atomic E-state index is 6.43. The third kappa shape index (κ3) is 4.63. The molecule has 0 radical (unpaired) electrons. The summed E-state index contributed by atoms with van der Waals surface area (Å²) in [7, 11) is 0. The lowest BCUT2D eigenvalue weighted by atomic mass is 9.89.